The van der Waals surface area contributed by atoms with Gasteiger partial charge in [0.05, 0.1) is 23.6 Å². The molecule has 0 bridgehead atoms. The quantitative estimate of drug-likeness (QED) is 0.602. The summed E-state index contributed by atoms with van der Waals surface area (Å²) in [6.07, 6.45) is 0.612. The summed E-state index contributed by atoms with van der Waals surface area (Å²) in [5, 5.41) is 4.65. The molecule has 0 saturated heterocycles. The number of rotatable bonds is 4. The summed E-state index contributed by atoms with van der Waals surface area (Å²) in [6.45, 7) is 5.08. The average molecular weight is 343 g/mol. The molecule has 0 radical (unpaired) electrons. The molecule has 0 saturated carbocycles. The number of aromatic nitrogens is 2. The lowest BCUT2D eigenvalue weighted by molar-refractivity contribution is -0.132. The highest BCUT2D eigenvalue weighted by atomic mass is 32.2. The maximum absolute atomic E-state index is 11.8. The van der Waals surface area contributed by atoms with Crippen LogP contribution in [-0.2, 0) is 38.5 Å². The number of aliphatic imine (C=N–C) groups is 1. The highest BCUT2D eigenvalue weighted by Crippen LogP contribution is 2.11. The zero-order valence-corrected chi connectivity index (χ0v) is 14.9. The Balaban J connectivity index is 3.04. The third-order valence-electron chi connectivity index (χ3n) is 2.57. The fourth-order valence-electron chi connectivity index (χ4n) is 1.70. The van der Waals surface area contributed by atoms with Gasteiger partial charge in [0.1, 0.15) is 16.3 Å². The summed E-state index contributed by atoms with van der Waals surface area (Å²) >= 11 is 0. The van der Waals surface area contributed by atoms with Gasteiger partial charge in [0.15, 0.2) is 0 Å². The number of esters is 1. The van der Waals surface area contributed by atoms with Crippen LogP contribution in [-0.4, -0.2) is 50.7 Å². The zero-order chi connectivity index (χ0) is 17.8. The van der Waals surface area contributed by atoms with Gasteiger partial charge < -0.3 is 9.47 Å². The first-order valence-electron chi connectivity index (χ1n) is 6.78. The van der Waals surface area contributed by atoms with Crippen LogP contribution in [0.15, 0.2) is 16.1 Å². The van der Waals surface area contributed by atoms with Gasteiger partial charge in [-0.05, 0) is 26.8 Å². The van der Waals surface area contributed by atoms with E-state index in [0.717, 1.165) is 0 Å². The summed E-state index contributed by atoms with van der Waals surface area (Å²) < 4.78 is 22.7. The summed E-state index contributed by atoms with van der Waals surface area (Å²) in [4.78, 5) is 27.2. The Bertz CT molecular complexity index is 658. The molecule has 1 atom stereocenters. The second kappa shape index (κ2) is 7.49. The molecule has 1 heterocycles. The number of carbonyl (C=O) groups excluding carboxylic acids is 2. The first-order chi connectivity index (χ1) is 10.5. The molecular weight excluding hydrogens is 322 g/mol. The van der Waals surface area contributed by atoms with Crippen LogP contribution in [0, 0.1) is 0 Å². The normalized spacial score (nSPS) is 13.6. The van der Waals surface area contributed by atoms with Crippen LogP contribution in [0.25, 0.3) is 0 Å². The Morgan fingerprint density at radius 3 is 2.43 bits per heavy atom. The highest BCUT2D eigenvalue weighted by molar-refractivity contribution is 7.84. The monoisotopic (exact) mass is 343 g/mol. The molecule has 8 nitrogen and oxygen atoms in total. The van der Waals surface area contributed by atoms with Crippen molar-refractivity contribution in [2.24, 2.45) is 12.0 Å². The van der Waals surface area contributed by atoms with Crippen molar-refractivity contribution in [3.63, 3.8) is 0 Å². The van der Waals surface area contributed by atoms with Crippen molar-refractivity contribution in [1.29, 1.82) is 0 Å². The number of methoxy groups -OCH3 is 1. The van der Waals surface area contributed by atoms with Gasteiger partial charge in [-0.3, -0.25) is 8.89 Å². The molecule has 23 heavy (non-hydrogen) atoms. The number of hydrogen-bond acceptors (Lipinski definition) is 6. The third-order valence-corrected chi connectivity index (χ3v) is 3.54. The predicted molar refractivity (Wildman–Crippen MR) is 84.9 cm³/mol. The third kappa shape index (κ3) is 5.93. The Kier molecular flexibility index (Phi) is 6.20. The molecule has 1 rings (SSSR count). The zero-order valence-electron chi connectivity index (χ0n) is 14.1. The molecule has 0 N–H and O–H groups in total. The largest absolute Gasteiger partial charge is 0.465 e. The van der Waals surface area contributed by atoms with Crippen LogP contribution >= 0.6 is 0 Å². The molecule has 1 aromatic rings. The summed E-state index contributed by atoms with van der Waals surface area (Å²) in [7, 11) is 1.62. The summed E-state index contributed by atoms with van der Waals surface area (Å²) in [5.41, 5.74) is -0.405. The fourth-order valence-corrected chi connectivity index (χ4v) is 2.42. The van der Waals surface area contributed by atoms with Gasteiger partial charge in [-0.1, -0.05) is 0 Å². The van der Waals surface area contributed by atoms with Gasteiger partial charge in [-0.2, -0.15) is 10.1 Å². The van der Waals surface area contributed by atoms with E-state index < -0.39 is 28.5 Å². The Morgan fingerprint density at radius 2 is 2.00 bits per heavy atom. The Morgan fingerprint density at radius 1 is 1.39 bits per heavy atom. The van der Waals surface area contributed by atoms with Gasteiger partial charge in [0, 0.05) is 19.7 Å². The molecule has 1 amide bonds. The lowest BCUT2D eigenvalue weighted by Gasteiger charge is -2.17. The summed E-state index contributed by atoms with van der Waals surface area (Å²) in [6, 6.07) is 1.59. The van der Waals surface area contributed by atoms with Gasteiger partial charge in [-0.25, -0.2) is 9.59 Å². The molecule has 0 fully saturated rings. The van der Waals surface area contributed by atoms with Crippen LogP contribution in [0.2, 0.25) is 0 Å². The van der Waals surface area contributed by atoms with Crippen molar-refractivity contribution in [1.82, 2.24) is 9.78 Å². The number of amides is 1. The molecule has 9 heteroatoms. The Hall–Kier alpha value is -2.03. The van der Waals surface area contributed by atoms with E-state index in [1.807, 2.05) is 0 Å². The van der Waals surface area contributed by atoms with E-state index in [1.54, 1.807) is 33.9 Å². The number of carbonyl (C=O) groups is 2. The summed E-state index contributed by atoms with van der Waals surface area (Å²) in [5.74, 6) is -0.749. The van der Waals surface area contributed by atoms with Crippen LogP contribution in [0.4, 0.5) is 4.79 Å². The lowest BCUT2D eigenvalue weighted by Crippen LogP contribution is -2.25. The minimum absolute atomic E-state index is 0.0308. The van der Waals surface area contributed by atoms with Crippen molar-refractivity contribution in [2.75, 3.05) is 13.4 Å². The smallest absolute Gasteiger partial charge is 0.434 e. The molecule has 0 aliphatic carbocycles. The van der Waals surface area contributed by atoms with Gasteiger partial charge in [-0.15, -0.1) is 0 Å². The maximum Gasteiger partial charge on any atom is 0.434 e. The molecule has 1 unspecified atom stereocenters. The standard InChI is InChI=1S/C14H21N3O5S/c1-14(2,3)22-13(19)15-10(12(18)21-5)7-9-8-11(23(6)20)17(4)16-9/h8H,7H2,1-6H3. The topological polar surface area (TPSA) is 99.9 Å². The van der Waals surface area contributed by atoms with E-state index in [0.29, 0.717) is 10.7 Å². The van der Waals surface area contributed by atoms with Gasteiger partial charge >= 0.3 is 12.1 Å². The van der Waals surface area contributed by atoms with E-state index in [1.165, 1.54) is 18.0 Å². The maximum atomic E-state index is 11.8. The Labute approximate surface area is 137 Å². The van der Waals surface area contributed by atoms with Crippen molar-refractivity contribution in [2.45, 2.75) is 37.8 Å². The first-order valence-corrected chi connectivity index (χ1v) is 8.34. The van der Waals surface area contributed by atoms with E-state index in [-0.39, 0.29) is 12.1 Å². The molecule has 0 aliphatic rings. The first kappa shape index (κ1) is 19.0. The van der Waals surface area contributed by atoms with Crippen molar-refractivity contribution < 1.29 is 23.3 Å². The fraction of sp³-hybridized carbons (Fsp3) is 0.571. The van der Waals surface area contributed by atoms with E-state index in [9.17, 15) is 13.8 Å². The van der Waals surface area contributed by atoms with Crippen LogP contribution in [0.3, 0.4) is 0 Å². The SMILES string of the molecule is COC(=O)C(Cc1cc(S(C)=O)n(C)n1)=NC(=O)OC(C)(C)C. The molecule has 0 aliphatic heterocycles. The number of aryl methyl sites for hydroxylation is 1. The van der Waals surface area contributed by atoms with Crippen molar-refractivity contribution >= 4 is 28.6 Å². The van der Waals surface area contributed by atoms with E-state index in [4.69, 9.17) is 4.74 Å². The number of ether oxygens (including phenoxy) is 2. The lowest BCUT2D eigenvalue weighted by atomic mass is 10.2. The molecular formula is C14H21N3O5S. The minimum atomic E-state index is -1.22. The van der Waals surface area contributed by atoms with Crippen LogP contribution in [0.5, 0.6) is 0 Å². The number of hydrogen-bond donors (Lipinski definition) is 0. The second-order valence-corrected chi connectivity index (χ2v) is 7.09. The molecule has 128 valence electrons. The average Bonchev–Trinajstić information content (AvgIpc) is 2.76. The van der Waals surface area contributed by atoms with E-state index in [2.05, 4.69) is 14.8 Å². The molecule has 0 spiro atoms. The van der Waals surface area contributed by atoms with Gasteiger partial charge in [0.25, 0.3) is 0 Å². The molecule has 1 aromatic heterocycles. The highest BCUT2D eigenvalue weighted by Gasteiger charge is 2.21. The van der Waals surface area contributed by atoms with E-state index >= 15 is 0 Å². The van der Waals surface area contributed by atoms with Crippen molar-refractivity contribution in [3.05, 3.63) is 11.8 Å². The van der Waals surface area contributed by atoms with Crippen LogP contribution in [0.1, 0.15) is 26.5 Å². The van der Waals surface area contributed by atoms with Gasteiger partial charge in [0.2, 0.25) is 0 Å². The van der Waals surface area contributed by atoms with Crippen LogP contribution < -0.4 is 0 Å². The second-order valence-electron chi connectivity index (χ2n) is 5.76. The predicted octanol–water partition coefficient (Wildman–Crippen LogP) is 1.25. The molecule has 0 aromatic carbocycles. The number of nitrogens with zero attached hydrogens (tertiary/aromatic N) is 3. The van der Waals surface area contributed by atoms with Crippen molar-refractivity contribution in [3.8, 4) is 0 Å². The minimum Gasteiger partial charge on any atom is -0.465 e.